The van der Waals surface area contributed by atoms with Gasteiger partial charge >= 0.3 is 0 Å². The number of ether oxygens (including phenoxy) is 2. The molecule has 29 heavy (non-hydrogen) atoms. The van der Waals surface area contributed by atoms with E-state index in [0.717, 1.165) is 22.9 Å². The Kier molecular flexibility index (Phi) is 6.11. The fourth-order valence-electron chi connectivity index (χ4n) is 3.82. The van der Waals surface area contributed by atoms with Gasteiger partial charge in [-0.1, -0.05) is 13.8 Å². The quantitative estimate of drug-likeness (QED) is 0.730. The van der Waals surface area contributed by atoms with Gasteiger partial charge in [0.2, 0.25) is 11.8 Å². The normalized spacial score (nSPS) is 19.6. The van der Waals surface area contributed by atoms with Crippen LogP contribution in [0.5, 0.6) is 11.5 Å². The van der Waals surface area contributed by atoms with E-state index in [1.54, 1.807) is 14.2 Å². The molecule has 1 aliphatic rings. The minimum absolute atomic E-state index is 0.00743. The molecular formula is C23H28N2O4. The van der Waals surface area contributed by atoms with Crippen LogP contribution in [-0.2, 0) is 9.59 Å². The first-order chi connectivity index (χ1) is 13.8. The second-order valence-electron chi connectivity index (χ2n) is 8.01. The van der Waals surface area contributed by atoms with Crippen molar-refractivity contribution in [2.75, 3.05) is 24.9 Å². The van der Waals surface area contributed by atoms with Crippen LogP contribution in [0.4, 0.5) is 11.4 Å². The Bertz CT molecular complexity index is 859. The van der Waals surface area contributed by atoms with E-state index in [2.05, 4.69) is 24.5 Å². The van der Waals surface area contributed by atoms with Crippen molar-refractivity contribution in [2.24, 2.45) is 17.3 Å². The van der Waals surface area contributed by atoms with Crippen molar-refractivity contribution in [2.45, 2.75) is 26.7 Å². The maximum Gasteiger partial charge on any atom is 0.228 e. The van der Waals surface area contributed by atoms with Crippen molar-refractivity contribution in [3.8, 4) is 11.5 Å². The van der Waals surface area contributed by atoms with Crippen molar-refractivity contribution >= 4 is 23.2 Å². The number of hydrogen-bond acceptors (Lipinski definition) is 4. The third-order valence-electron chi connectivity index (χ3n) is 5.95. The largest absolute Gasteiger partial charge is 0.497 e. The first-order valence-electron chi connectivity index (χ1n) is 9.72. The molecule has 3 rings (SSSR count). The summed E-state index contributed by atoms with van der Waals surface area (Å²) >= 11 is 0. The summed E-state index contributed by atoms with van der Waals surface area (Å²) in [7, 11) is 3.21. The molecule has 2 aromatic carbocycles. The highest BCUT2D eigenvalue weighted by molar-refractivity contribution is 5.95. The summed E-state index contributed by atoms with van der Waals surface area (Å²) in [6, 6.07) is 14.5. The van der Waals surface area contributed by atoms with Crippen molar-refractivity contribution in [3.05, 3.63) is 48.5 Å². The highest BCUT2D eigenvalue weighted by Crippen LogP contribution is 2.53. The number of benzene rings is 2. The van der Waals surface area contributed by atoms with Gasteiger partial charge in [0.1, 0.15) is 11.5 Å². The van der Waals surface area contributed by atoms with E-state index >= 15 is 0 Å². The Morgan fingerprint density at radius 1 is 0.897 bits per heavy atom. The Morgan fingerprint density at radius 3 is 1.83 bits per heavy atom. The Hall–Kier alpha value is -3.02. The van der Waals surface area contributed by atoms with Gasteiger partial charge < -0.3 is 20.1 Å². The average Bonchev–Trinajstić information content (AvgIpc) is 2.71. The lowest BCUT2D eigenvalue weighted by Crippen LogP contribution is -2.51. The van der Waals surface area contributed by atoms with E-state index in [9.17, 15) is 9.59 Å². The number of hydrogen-bond donors (Lipinski definition) is 2. The molecule has 0 heterocycles. The van der Waals surface area contributed by atoms with Gasteiger partial charge in [0.25, 0.3) is 0 Å². The first kappa shape index (κ1) is 20.7. The van der Waals surface area contributed by atoms with E-state index in [1.165, 1.54) is 0 Å². The van der Waals surface area contributed by atoms with Crippen LogP contribution in [0.15, 0.2) is 48.5 Å². The van der Waals surface area contributed by atoms with Crippen LogP contribution in [-0.4, -0.2) is 26.0 Å². The second-order valence-corrected chi connectivity index (χ2v) is 8.01. The van der Waals surface area contributed by atoms with Crippen LogP contribution < -0.4 is 20.1 Å². The Balaban J connectivity index is 1.52. The van der Waals surface area contributed by atoms with Crippen LogP contribution in [0.3, 0.4) is 0 Å². The zero-order valence-electron chi connectivity index (χ0n) is 17.3. The van der Waals surface area contributed by atoms with Crippen LogP contribution in [0, 0.1) is 17.3 Å². The van der Waals surface area contributed by atoms with Crippen LogP contribution in [0.1, 0.15) is 26.7 Å². The molecule has 2 aromatic rings. The molecule has 6 heteroatoms. The summed E-state index contributed by atoms with van der Waals surface area (Å²) in [6.45, 7) is 4.11. The number of carbonyl (C=O) groups excluding carboxylic acids is 2. The molecule has 0 aromatic heterocycles. The molecule has 0 saturated heterocycles. The number of anilines is 2. The highest BCUT2D eigenvalue weighted by Gasteiger charge is 2.51. The lowest BCUT2D eigenvalue weighted by molar-refractivity contribution is -0.138. The highest BCUT2D eigenvalue weighted by atomic mass is 16.5. The van der Waals surface area contributed by atoms with Gasteiger partial charge in [0.15, 0.2) is 0 Å². The topological polar surface area (TPSA) is 76.7 Å². The Morgan fingerprint density at radius 2 is 1.38 bits per heavy atom. The molecule has 2 amide bonds. The minimum atomic E-state index is -0.242. The lowest BCUT2D eigenvalue weighted by atomic mass is 9.53. The summed E-state index contributed by atoms with van der Waals surface area (Å²) in [4.78, 5) is 25.1. The standard InChI is InChI=1S/C23H28N2O4/c1-23(2)15(14-21(26)24-16-5-9-18(28-3)10-6-16)13-20(23)22(27)25-17-7-11-19(29-4)12-8-17/h5-12,15,20H,13-14H2,1-4H3,(H,24,26)(H,25,27)/t15-,20+/m0/s1. The van der Waals surface area contributed by atoms with E-state index in [-0.39, 0.29) is 29.1 Å². The van der Waals surface area contributed by atoms with Crippen molar-refractivity contribution in [1.29, 1.82) is 0 Å². The summed E-state index contributed by atoms with van der Waals surface area (Å²) in [5.74, 6) is 1.48. The molecule has 1 fully saturated rings. The van der Waals surface area contributed by atoms with Gasteiger partial charge in [-0.05, 0) is 66.3 Å². The predicted molar refractivity (Wildman–Crippen MR) is 113 cm³/mol. The minimum Gasteiger partial charge on any atom is -0.497 e. The molecule has 0 aliphatic heterocycles. The summed E-state index contributed by atoms with van der Waals surface area (Å²) in [5, 5.41) is 5.89. The molecule has 2 atom stereocenters. The van der Waals surface area contributed by atoms with Crippen LogP contribution in [0.2, 0.25) is 0 Å². The zero-order chi connectivity index (χ0) is 21.0. The predicted octanol–water partition coefficient (Wildman–Crippen LogP) is 4.33. The number of carbonyl (C=O) groups is 2. The fraction of sp³-hybridized carbons (Fsp3) is 0.391. The molecule has 0 spiro atoms. The summed E-state index contributed by atoms with van der Waals surface area (Å²) in [6.07, 6.45) is 1.09. The number of rotatable bonds is 7. The molecule has 0 unspecified atom stereocenters. The van der Waals surface area contributed by atoms with Crippen molar-refractivity contribution in [3.63, 3.8) is 0 Å². The maximum atomic E-state index is 12.7. The smallest absolute Gasteiger partial charge is 0.228 e. The number of methoxy groups -OCH3 is 2. The lowest BCUT2D eigenvalue weighted by Gasteiger charge is -2.51. The van der Waals surface area contributed by atoms with Gasteiger partial charge in [-0.3, -0.25) is 9.59 Å². The molecule has 0 bridgehead atoms. The number of amides is 2. The van der Waals surface area contributed by atoms with E-state index in [1.807, 2.05) is 48.5 Å². The van der Waals surface area contributed by atoms with Gasteiger partial charge in [-0.2, -0.15) is 0 Å². The zero-order valence-corrected chi connectivity index (χ0v) is 17.3. The summed E-state index contributed by atoms with van der Waals surface area (Å²) in [5.41, 5.74) is 1.24. The molecule has 1 aliphatic carbocycles. The number of nitrogens with one attached hydrogen (secondary N) is 2. The van der Waals surface area contributed by atoms with Gasteiger partial charge in [-0.25, -0.2) is 0 Å². The fourth-order valence-corrected chi connectivity index (χ4v) is 3.82. The molecule has 6 nitrogen and oxygen atoms in total. The summed E-state index contributed by atoms with van der Waals surface area (Å²) < 4.78 is 10.3. The van der Waals surface area contributed by atoms with Crippen LogP contribution in [0.25, 0.3) is 0 Å². The molecule has 2 N–H and O–H groups in total. The van der Waals surface area contributed by atoms with E-state index in [0.29, 0.717) is 12.8 Å². The molecular weight excluding hydrogens is 368 g/mol. The second kappa shape index (κ2) is 8.55. The monoisotopic (exact) mass is 396 g/mol. The maximum absolute atomic E-state index is 12.7. The first-order valence-corrected chi connectivity index (χ1v) is 9.72. The van der Waals surface area contributed by atoms with E-state index in [4.69, 9.17) is 9.47 Å². The average molecular weight is 396 g/mol. The molecule has 154 valence electrons. The molecule has 0 radical (unpaired) electrons. The van der Waals surface area contributed by atoms with Gasteiger partial charge in [0, 0.05) is 23.7 Å². The van der Waals surface area contributed by atoms with Crippen molar-refractivity contribution in [1.82, 2.24) is 0 Å². The van der Waals surface area contributed by atoms with Crippen molar-refractivity contribution < 1.29 is 19.1 Å². The third-order valence-corrected chi connectivity index (χ3v) is 5.95. The SMILES string of the molecule is COc1ccc(NC(=O)C[C@@H]2C[C@H](C(=O)Nc3ccc(OC)cc3)C2(C)C)cc1. The molecule has 1 saturated carbocycles. The third kappa shape index (κ3) is 4.70. The van der Waals surface area contributed by atoms with Crippen LogP contribution >= 0.6 is 0 Å². The van der Waals surface area contributed by atoms with E-state index < -0.39 is 0 Å². The Labute approximate surface area is 171 Å². The van der Waals surface area contributed by atoms with Gasteiger partial charge in [-0.15, -0.1) is 0 Å². The van der Waals surface area contributed by atoms with Gasteiger partial charge in [0.05, 0.1) is 14.2 Å².